The molecule has 0 bridgehead atoms. The van der Waals surface area contributed by atoms with E-state index in [1.165, 1.54) is 0 Å². The molecule has 2 N–H and O–H groups in total. The molecule has 1 atom stereocenters. The zero-order valence-electron chi connectivity index (χ0n) is 9.60. The molecule has 0 fully saturated rings. The van der Waals surface area contributed by atoms with Crippen LogP contribution in [-0.4, -0.2) is 19.2 Å². The monoisotopic (exact) mass is 223 g/mol. The normalized spacial score (nSPS) is 11.9. The maximum Gasteiger partial charge on any atom is 0.344 e. The number of ether oxygens (including phenoxy) is 2. The summed E-state index contributed by atoms with van der Waals surface area (Å²) in [5, 5.41) is 0. The molecule has 16 heavy (non-hydrogen) atoms. The van der Waals surface area contributed by atoms with Gasteiger partial charge >= 0.3 is 5.97 Å². The summed E-state index contributed by atoms with van der Waals surface area (Å²) in [5.74, 6) is 0.274. The summed E-state index contributed by atoms with van der Waals surface area (Å²) in [6.45, 7) is 3.97. The third-order valence-electron chi connectivity index (χ3n) is 2.07. The number of esters is 1. The fourth-order valence-corrected chi connectivity index (χ4v) is 1.21. The third-order valence-corrected chi connectivity index (χ3v) is 2.07. The fraction of sp³-hybridized carbons (Fsp3) is 0.417. The first-order valence-corrected chi connectivity index (χ1v) is 5.27. The topological polar surface area (TPSA) is 61.5 Å². The molecule has 0 heterocycles. The van der Waals surface area contributed by atoms with Gasteiger partial charge in [-0.05, 0) is 31.5 Å². The number of nitrogens with two attached hydrogens (primary N) is 1. The van der Waals surface area contributed by atoms with Gasteiger partial charge in [-0.25, -0.2) is 4.79 Å². The van der Waals surface area contributed by atoms with E-state index in [0.29, 0.717) is 12.4 Å². The smallest absolute Gasteiger partial charge is 0.344 e. The van der Waals surface area contributed by atoms with Crippen LogP contribution in [0.2, 0.25) is 0 Å². The predicted octanol–water partition coefficient (Wildman–Crippen LogP) is 1.65. The molecule has 0 aliphatic carbocycles. The van der Waals surface area contributed by atoms with Crippen LogP contribution in [0.25, 0.3) is 0 Å². The van der Waals surface area contributed by atoms with Crippen LogP contribution in [0.5, 0.6) is 5.75 Å². The molecule has 0 aromatic heterocycles. The Hall–Kier alpha value is -1.55. The molecule has 1 rings (SSSR count). The lowest BCUT2D eigenvalue weighted by Gasteiger charge is -2.08. The standard InChI is InChI=1S/C12H17NO3/c1-3-15-12(14)8-16-11-6-4-10(5-7-11)9(2)13/h4-7,9H,3,8,13H2,1-2H3/t9-/m0/s1. The number of carbonyl (C=O) groups is 1. The minimum atomic E-state index is -0.362. The van der Waals surface area contributed by atoms with E-state index in [1.54, 1.807) is 19.1 Å². The highest BCUT2D eigenvalue weighted by atomic mass is 16.6. The van der Waals surface area contributed by atoms with E-state index in [0.717, 1.165) is 5.56 Å². The summed E-state index contributed by atoms with van der Waals surface area (Å²) in [7, 11) is 0. The van der Waals surface area contributed by atoms with Gasteiger partial charge in [-0.3, -0.25) is 0 Å². The van der Waals surface area contributed by atoms with Gasteiger partial charge in [-0.1, -0.05) is 12.1 Å². The molecule has 0 amide bonds. The number of hydrogen-bond acceptors (Lipinski definition) is 4. The average Bonchev–Trinajstić information content (AvgIpc) is 2.27. The lowest BCUT2D eigenvalue weighted by atomic mass is 10.1. The number of rotatable bonds is 5. The second-order valence-electron chi connectivity index (χ2n) is 3.45. The van der Waals surface area contributed by atoms with Gasteiger partial charge in [-0.2, -0.15) is 0 Å². The van der Waals surface area contributed by atoms with Crippen LogP contribution in [0, 0.1) is 0 Å². The third kappa shape index (κ3) is 3.90. The van der Waals surface area contributed by atoms with Crippen molar-refractivity contribution < 1.29 is 14.3 Å². The van der Waals surface area contributed by atoms with Crippen molar-refractivity contribution in [3.63, 3.8) is 0 Å². The van der Waals surface area contributed by atoms with Gasteiger partial charge < -0.3 is 15.2 Å². The Bertz CT molecular complexity index is 333. The Morgan fingerprint density at radius 3 is 2.50 bits per heavy atom. The molecule has 0 unspecified atom stereocenters. The van der Waals surface area contributed by atoms with Crippen LogP contribution < -0.4 is 10.5 Å². The van der Waals surface area contributed by atoms with Crippen molar-refractivity contribution in [3.05, 3.63) is 29.8 Å². The summed E-state index contributed by atoms with van der Waals surface area (Å²) in [4.78, 5) is 11.0. The SMILES string of the molecule is CCOC(=O)COc1ccc([C@H](C)N)cc1. The van der Waals surface area contributed by atoms with Crippen molar-refractivity contribution in [2.45, 2.75) is 19.9 Å². The summed E-state index contributed by atoms with van der Waals surface area (Å²) < 4.78 is 9.98. The highest BCUT2D eigenvalue weighted by molar-refractivity contribution is 5.71. The molecule has 0 saturated carbocycles. The zero-order valence-corrected chi connectivity index (χ0v) is 9.60. The first-order chi connectivity index (χ1) is 7.63. The Labute approximate surface area is 95.3 Å². The van der Waals surface area contributed by atoms with Gasteiger partial charge in [0.1, 0.15) is 5.75 Å². The van der Waals surface area contributed by atoms with E-state index < -0.39 is 0 Å². The van der Waals surface area contributed by atoms with Crippen LogP contribution in [0.1, 0.15) is 25.5 Å². The Morgan fingerprint density at radius 2 is 2.00 bits per heavy atom. The van der Waals surface area contributed by atoms with E-state index in [-0.39, 0.29) is 18.6 Å². The molecular formula is C12H17NO3. The Balaban J connectivity index is 2.46. The highest BCUT2D eigenvalue weighted by Gasteiger charge is 2.03. The molecule has 88 valence electrons. The van der Waals surface area contributed by atoms with E-state index >= 15 is 0 Å². The van der Waals surface area contributed by atoms with Gasteiger partial charge in [0.2, 0.25) is 0 Å². The van der Waals surface area contributed by atoms with Crippen LogP contribution in [0.4, 0.5) is 0 Å². The Morgan fingerprint density at radius 1 is 1.38 bits per heavy atom. The molecule has 0 spiro atoms. The van der Waals surface area contributed by atoms with E-state index in [4.69, 9.17) is 15.2 Å². The maximum absolute atomic E-state index is 11.0. The molecule has 0 radical (unpaired) electrons. The van der Waals surface area contributed by atoms with Crippen molar-refractivity contribution in [1.82, 2.24) is 0 Å². The van der Waals surface area contributed by atoms with Crippen LogP contribution in [-0.2, 0) is 9.53 Å². The quantitative estimate of drug-likeness (QED) is 0.771. The van der Waals surface area contributed by atoms with Gasteiger partial charge in [0.05, 0.1) is 6.61 Å². The summed E-state index contributed by atoms with van der Waals surface area (Å²) in [6.07, 6.45) is 0. The number of hydrogen-bond donors (Lipinski definition) is 1. The van der Waals surface area contributed by atoms with Gasteiger partial charge in [0.15, 0.2) is 6.61 Å². The maximum atomic E-state index is 11.0. The second-order valence-corrected chi connectivity index (χ2v) is 3.45. The number of benzene rings is 1. The first-order valence-electron chi connectivity index (χ1n) is 5.27. The number of carbonyl (C=O) groups excluding carboxylic acids is 1. The lowest BCUT2D eigenvalue weighted by Crippen LogP contribution is -2.14. The fourth-order valence-electron chi connectivity index (χ4n) is 1.21. The first kappa shape index (κ1) is 12.5. The minimum Gasteiger partial charge on any atom is -0.482 e. The summed E-state index contributed by atoms with van der Waals surface area (Å²) in [6, 6.07) is 7.34. The second kappa shape index (κ2) is 6.12. The lowest BCUT2D eigenvalue weighted by molar-refractivity contribution is -0.145. The van der Waals surface area contributed by atoms with Crippen LogP contribution in [0.3, 0.4) is 0 Å². The van der Waals surface area contributed by atoms with Crippen LogP contribution in [0.15, 0.2) is 24.3 Å². The highest BCUT2D eigenvalue weighted by Crippen LogP contribution is 2.15. The van der Waals surface area contributed by atoms with Crippen molar-refractivity contribution >= 4 is 5.97 Å². The van der Waals surface area contributed by atoms with E-state index in [9.17, 15) is 4.79 Å². The molecule has 1 aromatic carbocycles. The van der Waals surface area contributed by atoms with Crippen molar-refractivity contribution in [2.24, 2.45) is 5.73 Å². The van der Waals surface area contributed by atoms with Crippen LogP contribution >= 0.6 is 0 Å². The molecule has 4 nitrogen and oxygen atoms in total. The zero-order chi connectivity index (χ0) is 12.0. The van der Waals surface area contributed by atoms with Crippen molar-refractivity contribution in [2.75, 3.05) is 13.2 Å². The van der Waals surface area contributed by atoms with Gasteiger partial charge in [0, 0.05) is 6.04 Å². The summed E-state index contributed by atoms with van der Waals surface area (Å²) in [5.41, 5.74) is 6.74. The molecule has 0 saturated heterocycles. The van der Waals surface area contributed by atoms with E-state index in [2.05, 4.69) is 0 Å². The predicted molar refractivity (Wildman–Crippen MR) is 61.2 cm³/mol. The van der Waals surface area contributed by atoms with Crippen molar-refractivity contribution in [3.8, 4) is 5.75 Å². The largest absolute Gasteiger partial charge is 0.482 e. The van der Waals surface area contributed by atoms with Crippen molar-refractivity contribution in [1.29, 1.82) is 0 Å². The average molecular weight is 223 g/mol. The minimum absolute atomic E-state index is 0.000827. The van der Waals surface area contributed by atoms with Gasteiger partial charge in [0.25, 0.3) is 0 Å². The molecule has 0 aliphatic rings. The summed E-state index contributed by atoms with van der Waals surface area (Å²) >= 11 is 0. The molecule has 4 heteroatoms. The molecule has 1 aromatic rings. The van der Waals surface area contributed by atoms with Gasteiger partial charge in [-0.15, -0.1) is 0 Å². The Kier molecular flexibility index (Phi) is 4.79. The van der Waals surface area contributed by atoms with E-state index in [1.807, 2.05) is 19.1 Å². The molecular weight excluding hydrogens is 206 g/mol. The molecule has 0 aliphatic heterocycles.